The first-order chi connectivity index (χ1) is 5.41. The standard InChI is InChI=1S/C10H13ClN/c1-10(2,3)8-5-4-7(12)6-9(8)11/h4-6H,1,12H2,2-3H3. The Morgan fingerprint density at radius 1 is 1.42 bits per heavy atom. The Hall–Kier alpha value is -0.690. The van der Waals surface area contributed by atoms with E-state index in [4.69, 9.17) is 17.3 Å². The number of benzene rings is 1. The average molecular weight is 183 g/mol. The summed E-state index contributed by atoms with van der Waals surface area (Å²) in [6.07, 6.45) is 0. The fourth-order valence-electron chi connectivity index (χ4n) is 1.08. The van der Waals surface area contributed by atoms with Crippen molar-refractivity contribution >= 4 is 17.3 Å². The minimum absolute atomic E-state index is 0.162. The minimum atomic E-state index is -0.162. The SMILES string of the molecule is [CH2]C(C)(C)c1ccc(N)cc1Cl. The fourth-order valence-corrected chi connectivity index (χ4v) is 1.52. The van der Waals surface area contributed by atoms with E-state index in [1.54, 1.807) is 6.07 Å². The van der Waals surface area contributed by atoms with E-state index < -0.39 is 0 Å². The van der Waals surface area contributed by atoms with Crippen LogP contribution in [0.15, 0.2) is 18.2 Å². The smallest absolute Gasteiger partial charge is 0.0463 e. The second-order valence-electron chi connectivity index (χ2n) is 3.62. The lowest BCUT2D eigenvalue weighted by Gasteiger charge is -2.20. The monoisotopic (exact) mass is 182 g/mol. The van der Waals surface area contributed by atoms with Crippen LogP contribution < -0.4 is 5.73 Å². The zero-order chi connectivity index (χ0) is 9.35. The molecule has 2 heteroatoms. The van der Waals surface area contributed by atoms with Crippen LogP contribution in [0.1, 0.15) is 19.4 Å². The molecular formula is C10H13ClN. The minimum Gasteiger partial charge on any atom is -0.399 e. The second kappa shape index (κ2) is 2.98. The van der Waals surface area contributed by atoms with Crippen molar-refractivity contribution in [1.82, 2.24) is 0 Å². The quantitative estimate of drug-likeness (QED) is 0.664. The molecule has 0 spiro atoms. The number of rotatable bonds is 1. The van der Waals surface area contributed by atoms with Crippen molar-refractivity contribution < 1.29 is 0 Å². The van der Waals surface area contributed by atoms with Crippen LogP contribution >= 0.6 is 11.6 Å². The van der Waals surface area contributed by atoms with Crippen LogP contribution in [0.4, 0.5) is 5.69 Å². The highest BCUT2D eigenvalue weighted by Gasteiger charge is 2.16. The van der Waals surface area contributed by atoms with Gasteiger partial charge in [-0.3, -0.25) is 0 Å². The van der Waals surface area contributed by atoms with Crippen LogP contribution in [0.2, 0.25) is 5.02 Å². The van der Waals surface area contributed by atoms with Crippen molar-refractivity contribution in [1.29, 1.82) is 0 Å². The lowest BCUT2D eigenvalue weighted by Crippen LogP contribution is -2.12. The molecule has 1 aromatic rings. The van der Waals surface area contributed by atoms with Crippen molar-refractivity contribution in [3.8, 4) is 0 Å². The highest BCUT2D eigenvalue weighted by Crippen LogP contribution is 2.30. The van der Waals surface area contributed by atoms with Crippen molar-refractivity contribution in [2.45, 2.75) is 19.3 Å². The molecule has 1 rings (SSSR count). The summed E-state index contributed by atoms with van der Waals surface area (Å²) in [6, 6.07) is 5.52. The number of hydrogen-bond donors (Lipinski definition) is 1. The van der Waals surface area contributed by atoms with Gasteiger partial charge in [0.2, 0.25) is 0 Å². The molecule has 0 atom stereocenters. The van der Waals surface area contributed by atoms with Gasteiger partial charge in [0.25, 0.3) is 0 Å². The van der Waals surface area contributed by atoms with Crippen molar-refractivity contribution in [3.05, 3.63) is 35.7 Å². The van der Waals surface area contributed by atoms with E-state index in [9.17, 15) is 0 Å². The maximum absolute atomic E-state index is 5.99. The maximum Gasteiger partial charge on any atom is 0.0463 e. The fraction of sp³-hybridized carbons (Fsp3) is 0.300. The molecule has 1 aromatic carbocycles. The molecule has 0 heterocycles. The van der Waals surface area contributed by atoms with E-state index in [0.29, 0.717) is 10.7 Å². The van der Waals surface area contributed by atoms with Gasteiger partial charge in [0.05, 0.1) is 0 Å². The molecule has 0 aliphatic carbocycles. The van der Waals surface area contributed by atoms with Gasteiger partial charge < -0.3 is 5.73 Å². The molecule has 12 heavy (non-hydrogen) atoms. The predicted octanol–water partition coefficient (Wildman–Crippen LogP) is 3.03. The second-order valence-corrected chi connectivity index (χ2v) is 4.03. The zero-order valence-electron chi connectivity index (χ0n) is 7.39. The summed E-state index contributed by atoms with van der Waals surface area (Å²) in [5, 5.41) is 0.690. The number of halogens is 1. The molecule has 65 valence electrons. The first kappa shape index (κ1) is 9.40. The molecule has 0 amide bonds. The van der Waals surface area contributed by atoms with Crippen molar-refractivity contribution in [2.24, 2.45) is 0 Å². The van der Waals surface area contributed by atoms with E-state index in [0.717, 1.165) is 5.56 Å². The van der Waals surface area contributed by atoms with Crippen LogP contribution in [0.5, 0.6) is 0 Å². The third-order valence-corrected chi connectivity index (χ3v) is 2.03. The topological polar surface area (TPSA) is 26.0 Å². The first-order valence-electron chi connectivity index (χ1n) is 3.82. The van der Waals surface area contributed by atoms with Gasteiger partial charge in [-0.2, -0.15) is 0 Å². The van der Waals surface area contributed by atoms with Crippen LogP contribution in [0.3, 0.4) is 0 Å². The van der Waals surface area contributed by atoms with Gasteiger partial charge >= 0.3 is 0 Å². The molecule has 0 saturated heterocycles. The number of anilines is 1. The average Bonchev–Trinajstić information content (AvgIpc) is 1.83. The van der Waals surface area contributed by atoms with E-state index >= 15 is 0 Å². The van der Waals surface area contributed by atoms with Gasteiger partial charge in [0.1, 0.15) is 0 Å². The van der Waals surface area contributed by atoms with E-state index in [1.165, 1.54) is 0 Å². The molecule has 0 bridgehead atoms. The van der Waals surface area contributed by atoms with Gasteiger partial charge in [-0.1, -0.05) is 31.5 Å². The normalized spacial score (nSPS) is 11.7. The van der Waals surface area contributed by atoms with Gasteiger partial charge in [-0.05, 0) is 30.0 Å². The van der Waals surface area contributed by atoms with Crippen LogP contribution in [0, 0.1) is 6.92 Å². The van der Waals surface area contributed by atoms with Gasteiger partial charge in [-0.25, -0.2) is 0 Å². The molecular weight excluding hydrogens is 170 g/mol. The largest absolute Gasteiger partial charge is 0.399 e. The van der Waals surface area contributed by atoms with Crippen LogP contribution in [-0.2, 0) is 5.41 Å². The third kappa shape index (κ3) is 1.92. The van der Waals surface area contributed by atoms with Gasteiger partial charge in [0.15, 0.2) is 0 Å². The summed E-state index contributed by atoms with van der Waals surface area (Å²) in [5.41, 5.74) is 7.12. The highest BCUT2D eigenvalue weighted by atomic mass is 35.5. The summed E-state index contributed by atoms with van der Waals surface area (Å²) in [4.78, 5) is 0. The zero-order valence-corrected chi connectivity index (χ0v) is 8.15. The van der Waals surface area contributed by atoms with E-state index in [1.807, 2.05) is 26.0 Å². The van der Waals surface area contributed by atoms with Gasteiger partial charge in [0, 0.05) is 10.7 Å². The molecule has 1 nitrogen and oxygen atoms in total. The summed E-state index contributed by atoms with van der Waals surface area (Å²) in [6.45, 7) is 8.04. The number of hydrogen-bond acceptors (Lipinski definition) is 1. The van der Waals surface area contributed by atoms with Crippen molar-refractivity contribution in [2.75, 3.05) is 5.73 Å². The molecule has 0 aliphatic heterocycles. The van der Waals surface area contributed by atoms with Crippen LogP contribution in [0.25, 0.3) is 0 Å². The number of nitrogens with two attached hydrogens (primary N) is 1. The summed E-state index contributed by atoms with van der Waals surface area (Å²) in [5.74, 6) is 0. The Bertz CT molecular complexity index is 286. The maximum atomic E-state index is 5.99. The first-order valence-corrected chi connectivity index (χ1v) is 4.20. The van der Waals surface area contributed by atoms with E-state index in [2.05, 4.69) is 6.92 Å². The third-order valence-electron chi connectivity index (χ3n) is 1.72. The summed E-state index contributed by atoms with van der Waals surface area (Å²) in [7, 11) is 0. The molecule has 1 radical (unpaired) electrons. The Morgan fingerprint density at radius 3 is 2.42 bits per heavy atom. The number of nitrogen functional groups attached to an aromatic ring is 1. The van der Waals surface area contributed by atoms with Crippen LogP contribution in [-0.4, -0.2) is 0 Å². The summed E-state index contributed by atoms with van der Waals surface area (Å²) >= 11 is 5.99. The molecule has 0 aromatic heterocycles. The van der Waals surface area contributed by atoms with Crippen molar-refractivity contribution in [3.63, 3.8) is 0 Å². The lowest BCUT2D eigenvalue weighted by atomic mass is 9.87. The molecule has 0 unspecified atom stereocenters. The molecule has 0 fully saturated rings. The Kier molecular flexibility index (Phi) is 2.34. The predicted molar refractivity (Wildman–Crippen MR) is 54.2 cm³/mol. The summed E-state index contributed by atoms with van der Waals surface area (Å²) < 4.78 is 0. The van der Waals surface area contributed by atoms with E-state index in [-0.39, 0.29) is 5.41 Å². The Labute approximate surface area is 78.5 Å². The lowest BCUT2D eigenvalue weighted by molar-refractivity contribution is 0.665. The highest BCUT2D eigenvalue weighted by molar-refractivity contribution is 6.31. The Balaban J connectivity index is 3.19. The van der Waals surface area contributed by atoms with Gasteiger partial charge in [-0.15, -0.1) is 0 Å². The molecule has 0 saturated carbocycles. The molecule has 0 aliphatic rings. The molecule has 2 N–H and O–H groups in total. The Morgan fingerprint density at radius 2 is 2.00 bits per heavy atom.